The molecule has 1 amide bonds. The van der Waals surface area contributed by atoms with Crippen molar-refractivity contribution in [2.75, 3.05) is 27.2 Å². The molecule has 7 heteroatoms. The molecule has 2 aromatic carbocycles. The van der Waals surface area contributed by atoms with Crippen LogP contribution in [0.1, 0.15) is 35.1 Å². The highest BCUT2D eigenvalue weighted by molar-refractivity contribution is 6.05. The number of amides is 1. The van der Waals surface area contributed by atoms with Gasteiger partial charge in [0.2, 0.25) is 0 Å². The number of pyridine rings is 1. The van der Waals surface area contributed by atoms with Gasteiger partial charge >= 0.3 is 5.91 Å². The topological polar surface area (TPSA) is 80.4 Å². The minimum absolute atomic E-state index is 0.0736. The largest absolute Gasteiger partial charge is 0.431 e. The van der Waals surface area contributed by atoms with Crippen molar-refractivity contribution in [1.82, 2.24) is 19.8 Å². The Labute approximate surface area is 185 Å². The second kappa shape index (κ2) is 7.91. The van der Waals surface area contributed by atoms with Crippen LogP contribution in [0.4, 0.5) is 0 Å². The monoisotopic (exact) mass is 430 g/mol. The van der Waals surface area contributed by atoms with Gasteiger partial charge < -0.3 is 19.2 Å². The Balaban J connectivity index is 1.69. The van der Waals surface area contributed by atoms with Crippen molar-refractivity contribution in [3.8, 4) is 11.1 Å². The zero-order chi connectivity index (χ0) is 22.4. The third-order valence-corrected chi connectivity index (χ3v) is 6.00. The fraction of sp³-hybridized carbons (Fsp3) is 0.320. The van der Waals surface area contributed by atoms with Crippen LogP contribution in [0.15, 0.2) is 51.7 Å². The number of likely N-dealkylation sites (N-methyl/N-ethyl adjacent to an activating group) is 1. The number of fused-ring (bicyclic) bond motifs is 3. The molecule has 7 nitrogen and oxygen atoms in total. The fourth-order valence-corrected chi connectivity index (χ4v) is 4.23. The Morgan fingerprint density at radius 3 is 2.62 bits per heavy atom. The second-order valence-electron chi connectivity index (χ2n) is 8.66. The van der Waals surface area contributed by atoms with E-state index in [-0.39, 0.29) is 23.0 Å². The number of oxazole rings is 1. The molecule has 0 spiro atoms. The molecule has 0 bridgehead atoms. The maximum atomic E-state index is 13.5. The summed E-state index contributed by atoms with van der Waals surface area (Å²) in [6.45, 7) is 3.21. The van der Waals surface area contributed by atoms with Crippen molar-refractivity contribution in [3.05, 3.63) is 64.3 Å². The van der Waals surface area contributed by atoms with Crippen LogP contribution in [0.25, 0.3) is 33.1 Å². The molecule has 4 aromatic rings. The minimum Gasteiger partial charge on any atom is -0.431 e. The van der Waals surface area contributed by atoms with Crippen LogP contribution >= 0.6 is 0 Å². The molecule has 1 saturated carbocycles. The second-order valence-corrected chi connectivity index (χ2v) is 8.66. The van der Waals surface area contributed by atoms with Gasteiger partial charge in [-0.3, -0.25) is 9.59 Å². The van der Waals surface area contributed by atoms with Crippen LogP contribution in [0.5, 0.6) is 0 Å². The zero-order valence-electron chi connectivity index (χ0n) is 18.5. The SMILES string of the molecule is Cc1c(-c2ccccc2)ccc2c3oc(C(=O)NCCN(C)C)nc3c(=O)n(C3CC3)c12. The van der Waals surface area contributed by atoms with E-state index in [1.807, 2.05) is 60.8 Å². The molecular formula is C25H26N4O3. The van der Waals surface area contributed by atoms with E-state index in [0.29, 0.717) is 18.7 Å². The average Bonchev–Trinajstić information content (AvgIpc) is 3.51. The Kier molecular flexibility index (Phi) is 5.06. The minimum atomic E-state index is -0.411. The molecule has 0 aliphatic heterocycles. The first-order valence-corrected chi connectivity index (χ1v) is 10.9. The summed E-state index contributed by atoms with van der Waals surface area (Å²) in [5.41, 5.74) is 4.46. The molecule has 0 radical (unpaired) electrons. The lowest BCUT2D eigenvalue weighted by Crippen LogP contribution is -2.31. The first-order valence-electron chi connectivity index (χ1n) is 10.9. The van der Waals surface area contributed by atoms with Crippen LogP contribution in [-0.2, 0) is 0 Å². The summed E-state index contributed by atoms with van der Waals surface area (Å²) in [5.74, 6) is -0.485. The van der Waals surface area contributed by atoms with E-state index in [2.05, 4.69) is 22.4 Å². The standard InChI is InChI=1S/C25H26N4O3/c1-15-18(16-7-5-4-6-8-16)11-12-19-21(15)29(17-9-10-17)25(31)20-22(19)32-24(27-20)23(30)26-13-14-28(2)3/h4-8,11-12,17H,9-10,13-14H2,1-3H3,(H,26,30). The Hall–Kier alpha value is -3.45. The molecular weight excluding hydrogens is 404 g/mol. The molecule has 0 unspecified atom stereocenters. The first kappa shape index (κ1) is 20.5. The maximum absolute atomic E-state index is 13.5. The van der Waals surface area contributed by atoms with Crippen LogP contribution in [-0.4, -0.2) is 47.5 Å². The summed E-state index contributed by atoms with van der Waals surface area (Å²) in [7, 11) is 3.87. The quantitative estimate of drug-likeness (QED) is 0.504. The van der Waals surface area contributed by atoms with Gasteiger partial charge in [0.15, 0.2) is 11.1 Å². The summed E-state index contributed by atoms with van der Waals surface area (Å²) in [5, 5.41) is 3.61. The molecule has 2 heterocycles. The molecule has 2 aromatic heterocycles. The van der Waals surface area contributed by atoms with Crippen LogP contribution in [0.2, 0.25) is 0 Å². The van der Waals surface area contributed by atoms with E-state index in [1.54, 1.807) is 0 Å². The van der Waals surface area contributed by atoms with Gasteiger partial charge in [-0.2, -0.15) is 4.98 Å². The van der Waals surface area contributed by atoms with Crippen molar-refractivity contribution in [2.45, 2.75) is 25.8 Å². The van der Waals surface area contributed by atoms with Crippen molar-refractivity contribution < 1.29 is 9.21 Å². The highest BCUT2D eigenvalue weighted by atomic mass is 16.4. The third-order valence-electron chi connectivity index (χ3n) is 6.00. The summed E-state index contributed by atoms with van der Waals surface area (Å²) >= 11 is 0. The van der Waals surface area contributed by atoms with Gasteiger partial charge in [-0.1, -0.05) is 36.4 Å². The molecule has 32 heavy (non-hydrogen) atoms. The number of carbonyl (C=O) groups is 1. The van der Waals surface area contributed by atoms with E-state index >= 15 is 0 Å². The Bertz CT molecular complexity index is 1380. The number of hydrogen-bond acceptors (Lipinski definition) is 5. The lowest BCUT2D eigenvalue weighted by Gasteiger charge is -2.15. The van der Waals surface area contributed by atoms with Gasteiger partial charge in [-0.05, 0) is 56.6 Å². The first-order chi connectivity index (χ1) is 15.5. The van der Waals surface area contributed by atoms with E-state index < -0.39 is 5.91 Å². The Morgan fingerprint density at radius 2 is 1.94 bits per heavy atom. The number of nitrogens with zero attached hydrogens (tertiary/aromatic N) is 3. The summed E-state index contributed by atoms with van der Waals surface area (Å²) in [4.78, 5) is 32.3. The van der Waals surface area contributed by atoms with Crippen LogP contribution < -0.4 is 10.9 Å². The number of hydrogen-bond donors (Lipinski definition) is 1. The molecule has 1 N–H and O–H groups in total. The van der Waals surface area contributed by atoms with E-state index in [0.717, 1.165) is 40.4 Å². The number of benzene rings is 2. The Morgan fingerprint density at radius 1 is 1.19 bits per heavy atom. The summed E-state index contributed by atoms with van der Waals surface area (Å²) in [6.07, 6.45) is 1.93. The normalized spacial score (nSPS) is 13.9. The zero-order valence-corrected chi connectivity index (χ0v) is 18.5. The molecule has 1 aliphatic carbocycles. The van der Waals surface area contributed by atoms with Gasteiger partial charge in [0, 0.05) is 24.5 Å². The number of rotatable bonds is 6. The predicted octanol–water partition coefficient (Wildman–Crippen LogP) is 3.74. The van der Waals surface area contributed by atoms with Gasteiger partial charge in [0.1, 0.15) is 0 Å². The van der Waals surface area contributed by atoms with Crippen molar-refractivity contribution >= 4 is 27.9 Å². The lowest BCUT2D eigenvalue weighted by molar-refractivity contribution is 0.0919. The van der Waals surface area contributed by atoms with E-state index in [9.17, 15) is 9.59 Å². The van der Waals surface area contributed by atoms with Crippen LogP contribution in [0.3, 0.4) is 0 Å². The fourth-order valence-electron chi connectivity index (χ4n) is 4.23. The van der Waals surface area contributed by atoms with Crippen molar-refractivity contribution in [1.29, 1.82) is 0 Å². The molecule has 1 fully saturated rings. The summed E-state index contributed by atoms with van der Waals surface area (Å²) < 4.78 is 7.74. The maximum Gasteiger partial charge on any atom is 0.307 e. The van der Waals surface area contributed by atoms with Crippen LogP contribution in [0, 0.1) is 6.92 Å². The highest BCUT2D eigenvalue weighted by Gasteiger charge is 2.30. The van der Waals surface area contributed by atoms with Crippen molar-refractivity contribution in [3.63, 3.8) is 0 Å². The average molecular weight is 431 g/mol. The van der Waals surface area contributed by atoms with Gasteiger partial charge in [0.25, 0.3) is 11.4 Å². The molecule has 0 atom stereocenters. The van der Waals surface area contributed by atoms with Gasteiger partial charge in [-0.25, -0.2) is 0 Å². The number of carbonyl (C=O) groups excluding carboxylic acids is 1. The number of aromatic nitrogens is 2. The van der Waals surface area contributed by atoms with Gasteiger partial charge in [-0.15, -0.1) is 0 Å². The van der Waals surface area contributed by atoms with Crippen molar-refractivity contribution in [2.24, 2.45) is 0 Å². The smallest absolute Gasteiger partial charge is 0.307 e. The van der Waals surface area contributed by atoms with E-state index in [1.165, 1.54) is 0 Å². The summed E-state index contributed by atoms with van der Waals surface area (Å²) in [6, 6.07) is 14.3. The molecule has 164 valence electrons. The highest BCUT2D eigenvalue weighted by Crippen LogP contribution is 2.40. The predicted molar refractivity (Wildman–Crippen MR) is 125 cm³/mol. The number of nitrogens with one attached hydrogen (secondary N) is 1. The van der Waals surface area contributed by atoms with Gasteiger partial charge in [0.05, 0.1) is 5.52 Å². The third kappa shape index (κ3) is 3.48. The molecule has 0 saturated heterocycles. The van der Waals surface area contributed by atoms with E-state index in [4.69, 9.17) is 4.42 Å². The lowest BCUT2D eigenvalue weighted by atomic mass is 9.97. The molecule has 5 rings (SSSR count). The molecule has 1 aliphatic rings. The number of aryl methyl sites for hydroxylation is 1.